The van der Waals surface area contributed by atoms with Gasteiger partial charge in [0.05, 0.1) is 23.6 Å². The molecule has 0 amide bonds. The van der Waals surface area contributed by atoms with Crippen LogP contribution in [0.1, 0.15) is 35.1 Å². The van der Waals surface area contributed by atoms with Gasteiger partial charge in [-0.05, 0) is 32.3 Å². The van der Waals surface area contributed by atoms with Crippen LogP contribution in [0.2, 0.25) is 0 Å². The van der Waals surface area contributed by atoms with Crippen LogP contribution in [0, 0.1) is 13.8 Å². The number of nitrogens with zero attached hydrogens (tertiary/aromatic N) is 5. The predicted molar refractivity (Wildman–Crippen MR) is 72.1 cm³/mol. The SMILES string of the molecule is Cc1nn(C)c(C)c1CCC(NN)c1cnnn1C. The number of hydrogen-bond donors (Lipinski definition) is 2. The van der Waals surface area contributed by atoms with E-state index in [1.165, 1.54) is 11.3 Å². The number of hydrogen-bond acceptors (Lipinski definition) is 5. The van der Waals surface area contributed by atoms with Gasteiger partial charge < -0.3 is 0 Å². The van der Waals surface area contributed by atoms with E-state index < -0.39 is 0 Å². The Morgan fingerprint density at radius 2 is 2.05 bits per heavy atom. The van der Waals surface area contributed by atoms with Crippen LogP contribution in [0.5, 0.6) is 0 Å². The first-order chi connectivity index (χ1) is 9.04. The van der Waals surface area contributed by atoms with Gasteiger partial charge in [0.1, 0.15) is 0 Å². The second-order valence-corrected chi connectivity index (χ2v) is 4.81. The van der Waals surface area contributed by atoms with E-state index in [0.717, 1.165) is 24.2 Å². The third-order valence-electron chi connectivity index (χ3n) is 3.65. The van der Waals surface area contributed by atoms with Crippen molar-refractivity contribution in [3.8, 4) is 0 Å². The average molecular weight is 263 g/mol. The van der Waals surface area contributed by atoms with Gasteiger partial charge in [0, 0.05) is 19.8 Å². The molecule has 0 radical (unpaired) electrons. The Bertz CT molecular complexity index is 554. The maximum atomic E-state index is 5.64. The second kappa shape index (κ2) is 5.50. The van der Waals surface area contributed by atoms with Gasteiger partial charge in [-0.2, -0.15) is 5.10 Å². The monoisotopic (exact) mass is 263 g/mol. The topological polar surface area (TPSA) is 86.6 Å². The van der Waals surface area contributed by atoms with Gasteiger partial charge in [-0.15, -0.1) is 5.10 Å². The quantitative estimate of drug-likeness (QED) is 0.598. The highest BCUT2D eigenvalue weighted by Gasteiger charge is 2.16. The Morgan fingerprint density at radius 3 is 2.53 bits per heavy atom. The number of rotatable bonds is 5. The van der Waals surface area contributed by atoms with Crippen molar-refractivity contribution in [2.45, 2.75) is 32.7 Å². The number of nitrogens with two attached hydrogens (primary N) is 1. The summed E-state index contributed by atoms with van der Waals surface area (Å²) in [6.07, 6.45) is 3.55. The van der Waals surface area contributed by atoms with Gasteiger partial charge in [-0.3, -0.25) is 20.6 Å². The molecule has 0 bridgehead atoms. The number of aryl methyl sites for hydroxylation is 3. The zero-order chi connectivity index (χ0) is 14.0. The van der Waals surface area contributed by atoms with Gasteiger partial charge in [0.25, 0.3) is 0 Å². The molecule has 0 fully saturated rings. The third-order valence-corrected chi connectivity index (χ3v) is 3.65. The van der Waals surface area contributed by atoms with E-state index in [-0.39, 0.29) is 6.04 Å². The molecule has 7 heteroatoms. The van der Waals surface area contributed by atoms with E-state index in [1.54, 1.807) is 10.9 Å². The molecule has 0 aromatic carbocycles. The van der Waals surface area contributed by atoms with E-state index in [9.17, 15) is 0 Å². The summed E-state index contributed by atoms with van der Waals surface area (Å²) in [7, 11) is 3.84. The van der Waals surface area contributed by atoms with Crippen LogP contribution in [-0.4, -0.2) is 24.8 Å². The maximum absolute atomic E-state index is 5.64. The van der Waals surface area contributed by atoms with E-state index >= 15 is 0 Å². The van der Waals surface area contributed by atoms with E-state index in [1.807, 2.05) is 25.7 Å². The van der Waals surface area contributed by atoms with Crippen LogP contribution in [0.25, 0.3) is 0 Å². The minimum absolute atomic E-state index is 0.0407. The van der Waals surface area contributed by atoms with Crippen molar-refractivity contribution in [3.05, 3.63) is 28.8 Å². The predicted octanol–water partition coefficient (Wildman–Crippen LogP) is 0.303. The molecule has 2 aromatic heterocycles. The van der Waals surface area contributed by atoms with E-state index in [0.29, 0.717) is 0 Å². The number of aromatic nitrogens is 5. The highest BCUT2D eigenvalue weighted by Crippen LogP contribution is 2.20. The third kappa shape index (κ3) is 2.66. The summed E-state index contributed by atoms with van der Waals surface area (Å²) < 4.78 is 3.66. The Hall–Kier alpha value is -1.73. The molecule has 1 atom stereocenters. The van der Waals surface area contributed by atoms with Crippen molar-refractivity contribution in [2.24, 2.45) is 19.9 Å². The summed E-state index contributed by atoms with van der Waals surface area (Å²) in [4.78, 5) is 0. The van der Waals surface area contributed by atoms with Crippen molar-refractivity contribution < 1.29 is 0 Å². The molecule has 7 nitrogen and oxygen atoms in total. The van der Waals surface area contributed by atoms with Crippen LogP contribution < -0.4 is 11.3 Å². The zero-order valence-corrected chi connectivity index (χ0v) is 11.9. The minimum Gasteiger partial charge on any atom is -0.272 e. The summed E-state index contributed by atoms with van der Waals surface area (Å²) in [5.41, 5.74) is 7.40. The molecule has 1 unspecified atom stereocenters. The molecule has 2 heterocycles. The highest BCUT2D eigenvalue weighted by molar-refractivity contribution is 5.24. The lowest BCUT2D eigenvalue weighted by molar-refractivity contribution is 0.478. The first kappa shape index (κ1) is 13.7. The summed E-state index contributed by atoms with van der Waals surface area (Å²) in [6, 6.07) is 0.0407. The zero-order valence-electron chi connectivity index (χ0n) is 11.9. The molecule has 0 aliphatic heterocycles. The molecule has 104 valence electrons. The van der Waals surface area contributed by atoms with Crippen LogP contribution in [0.15, 0.2) is 6.20 Å². The van der Waals surface area contributed by atoms with Crippen molar-refractivity contribution in [2.75, 3.05) is 0 Å². The lowest BCUT2D eigenvalue weighted by Gasteiger charge is -2.15. The molecule has 0 saturated carbocycles. The molecule has 2 aromatic rings. The molecule has 0 aliphatic carbocycles. The first-order valence-corrected chi connectivity index (χ1v) is 6.34. The lowest BCUT2D eigenvalue weighted by Crippen LogP contribution is -2.30. The van der Waals surface area contributed by atoms with Crippen molar-refractivity contribution in [1.82, 2.24) is 30.2 Å². The van der Waals surface area contributed by atoms with E-state index in [2.05, 4.69) is 27.8 Å². The molecule has 2 rings (SSSR count). The maximum Gasteiger partial charge on any atom is 0.0766 e. The molecule has 0 saturated heterocycles. The lowest BCUT2D eigenvalue weighted by atomic mass is 10.0. The fraction of sp³-hybridized carbons (Fsp3) is 0.583. The molecular formula is C12H21N7. The van der Waals surface area contributed by atoms with Crippen LogP contribution in [0.4, 0.5) is 0 Å². The van der Waals surface area contributed by atoms with Crippen molar-refractivity contribution >= 4 is 0 Å². The summed E-state index contributed by atoms with van der Waals surface area (Å²) in [5, 5.41) is 12.2. The first-order valence-electron chi connectivity index (χ1n) is 6.34. The molecule has 19 heavy (non-hydrogen) atoms. The van der Waals surface area contributed by atoms with Crippen LogP contribution >= 0.6 is 0 Å². The normalized spacial score (nSPS) is 12.9. The molecule has 0 aliphatic rings. The molecular weight excluding hydrogens is 242 g/mol. The fourth-order valence-corrected chi connectivity index (χ4v) is 2.40. The van der Waals surface area contributed by atoms with Gasteiger partial charge in [-0.25, -0.2) is 0 Å². The second-order valence-electron chi connectivity index (χ2n) is 4.81. The summed E-state index contributed by atoms with van der Waals surface area (Å²) in [5.74, 6) is 5.64. The largest absolute Gasteiger partial charge is 0.272 e. The Morgan fingerprint density at radius 1 is 1.32 bits per heavy atom. The average Bonchev–Trinajstić information content (AvgIpc) is 2.89. The Balaban J connectivity index is 2.11. The van der Waals surface area contributed by atoms with Crippen molar-refractivity contribution in [3.63, 3.8) is 0 Å². The van der Waals surface area contributed by atoms with E-state index in [4.69, 9.17) is 5.84 Å². The van der Waals surface area contributed by atoms with Gasteiger partial charge >= 0.3 is 0 Å². The molecule has 3 N–H and O–H groups in total. The minimum atomic E-state index is 0.0407. The fourth-order valence-electron chi connectivity index (χ4n) is 2.40. The van der Waals surface area contributed by atoms with Gasteiger partial charge in [0.15, 0.2) is 0 Å². The van der Waals surface area contributed by atoms with Crippen molar-refractivity contribution in [1.29, 1.82) is 0 Å². The molecule has 0 spiro atoms. The summed E-state index contributed by atoms with van der Waals surface area (Å²) >= 11 is 0. The van der Waals surface area contributed by atoms with Crippen LogP contribution in [0.3, 0.4) is 0 Å². The smallest absolute Gasteiger partial charge is 0.0766 e. The van der Waals surface area contributed by atoms with Crippen LogP contribution in [-0.2, 0) is 20.5 Å². The Labute approximate surface area is 112 Å². The number of hydrazine groups is 1. The Kier molecular flexibility index (Phi) is 3.96. The standard InChI is InChI=1S/C12H21N7/c1-8-10(9(2)18(3)16-8)5-6-11(15-13)12-7-14-17-19(12)4/h7,11,15H,5-6,13H2,1-4H3. The van der Waals surface area contributed by atoms with Gasteiger partial charge in [-0.1, -0.05) is 5.21 Å². The number of nitrogens with one attached hydrogen (secondary N) is 1. The summed E-state index contributed by atoms with van der Waals surface area (Å²) in [6.45, 7) is 4.13. The van der Waals surface area contributed by atoms with Gasteiger partial charge in [0.2, 0.25) is 0 Å². The highest BCUT2D eigenvalue weighted by atomic mass is 15.4.